The Morgan fingerprint density at radius 3 is 2.45 bits per heavy atom. The minimum atomic E-state index is -2.65. The molecule has 3 heterocycles. The molecule has 33 heavy (non-hydrogen) atoms. The Morgan fingerprint density at radius 1 is 0.727 bits per heavy atom. The number of hydrogen-bond donors (Lipinski definition) is 0. The topological polar surface area (TPSA) is 35.0 Å². The smallest absolute Gasteiger partial charge is 2.00 e. The number of aromatic nitrogens is 2. The molecule has 160 valence electrons. The van der Waals surface area contributed by atoms with E-state index in [1.54, 1.807) is 12.3 Å². The molecule has 0 saturated carbocycles. The van der Waals surface area contributed by atoms with Crippen molar-refractivity contribution < 1.29 is 27.2 Å². The number of ether oxygens (including phenoxy) is 1. The third-order valence-electron chi connectivity index (χ3n) is 5.32. The molecule has 2 aromatic heterocycles. The van der Waals surface area contributed by atoms with Crippen molar-refractivity contribution in [2.45, 2.75) is 0 Å². The zero-order valence-corrected chi connectivity index (χ0v) is 23.1. The van der Waals surface area contributed by atoms with Gasteiger partial charge < -0.3 is 0 Å². The van der Waals surface area contributed by atoms with E-state index in [2.05, 4.69) is 64.6 Å². The maximum Gasteiger partial charge on any atom is 2.00 e. The molecule has 0 saturated heterocycles. The van der Waals surface area contributed by atoms with Crippen LogP contribution in [-0.2, 0) is 21.1 Å². The van der Waals surface area contributed by atoms with Crippen molar-refractivity contribution in [1.82, 2.24) is 9.97 Å². The van der Waals surface area contributed by atoms with E-state index >= 15 is 0 Å². The fourth-order valence-corrected chi connectivity index (χ4v) is 13.4. The average Bonchev–Trinajstić information content (AvgIpc) is 3.18. The van der Waals surface area contributed by atoms with Crippen molar-refractivity contribution in [2.24, 2.45) is 0 Å². The molecular formula is C28H17BiN2OPt. The number of nitrogens with zero attached hydrogens (tertiary/aromatic N) is 2. The van der Waals surface area contributed by atoms with Crippen LogP contribution in [0.2, 0.25) is 0 Å². The molecule has 1 aliphatic rings. The third kappa shape index (κ3) is 4.31. The molecule has 0 spiro atoms. The maximum absolute atomic E-state index is 8.05. The van der Waals surface area contributed by atoms with E-state index < -0.39 is 21.8 Å². The van der Waals surface area contributed by atoms with Gasteiger partial charge in [0.05, 0.1) is 0 Å². The Labute approximate surface area is 216 Å². The first-order valence-electron chi connectivity index (χ1n) is 10.8. The van der Waals surface area contributed by atoms with Crippen LogP contribution in [0.4, 0.5) is 0 Å². The van der Waals surface area contributed by atoms with Crippen LogP contribution in [-0.4, -0.2) is 31.7 Å². The second kappa shape index (κ2) is 9.67. The molecule has 0 fully saturated rings. The average molecular weight is 803 g/mol. The van der Waals surface area contributed by atoms with Crippen molar-refractivity contribution in [3.63, 3.8) is 0 Å². The first-order chi connectivity index (χ1) is 16.3. The fraction of sp³-hybridized carbons (Fsp3) is 0. The van der Waals surface area contributed by atoms with E-state index in [-0.39, 0.29) is 21.1 Å². The molecule has 0 N–H and O–H groups in total. The van der Waals surface area contributed by atoms with Crippen LogP contribution in [0.1, 0.15) is 1.37 Å². The number of hydrogen-bond acceptors (Lipinski definition) is 3. The van der Waals surface area contributed by atoms with Crippen LogP contribution >= 0.6 is 0 Å². The molecule has 0 aliphatic carbocycles. The van der Waals surface area contributed by atoms with Crippen molar-refractivity contribution in [3.05, 3.63) is 115 Å². The van der Waals surface area contributed by atoms with Crippen LogP contribution in [0.5, 0.6) is 11.6 Å². The summed E-state index contributed by atoms with van der Waals surface area (Å²) in [6, 6.07) is 37.2. The van der Waals surface area contributed by atoms with Crippen molar-refractivity contribution in [2.75, 3.05) is 0 Å². The summed E-state index contributed by atoms with van der Waals surface area (Å²) in [7, 11) is 0. The van der Waals surface area contributed by atoms with Gasteiger partial charge in [-0.3, -0.25) is 0 Å². The predicted molar refractivity (Wildman–Crippen MR) is 128 cm³/mol. The standard InChI is InChI=1S/C23H13NO.C5H4N.Bi.Pt/c1-2-7-18(8-3-1)19-12-14-20(15-13-19)21-9-6-10-22(17-21)25-23-11-4-5-16-24-23;1-2-4-6-5-3-1;;/h1-7,9-12,14,16H;1-4H;;/q-2;;;+2/i;4D;;. The summed E-state index contributed by atoms with van der Waals surface area (Å²) in [6.07, 6.45) is 2.02. The molecule has 5 aromatic rings. The van der Waals surface area contributed by atoms with Crippen molar-refractivity contribution in [1.29, 1.82) is 0 Å². The van der Waals surface area contributed by atoms with E-state index in [1.807, 2.05) is 42.5 Å². The van der Waals surface area contributed by atoms with Gasteiger partial charge in [0.15, 0.2) is 0 Å². The summed E-state index contributed by atoms with van der Waals surface area (Å²) in [4.78, 5) is 8.85. The molecule has 3 nitrogen and oxygen atoms in total. The molecule has 0 amide bonds. The minimum Gasteiger partial charge on any atom is 2.00 e. The number of pyridine rings is 2. The third-order valence-corrected chi connectivity index (χ3v) is 14.6. The summed E-state index contributed by atoms with van der Waals surface area (Å²) >= 11 is -2.65. The van der Waals surface area contributed by atoms with Crippen LogP contribution in [0.25, 0.3) is 22.3 Å². The van der Waals surface area contributed by atoms with Gasteiger partial charge >= 0.3 is 218 Å². The van der Waals surface area contributed by atoms with E-state index in [1.165, 1.54) is 17.7 Å². The summed E-state index contributed by atoms with van der Waals surface area (Å²) in [5.41, 5.74) is 4.43. The number of benzene rings is 3. The minimum absolute atomic E-state index is 0. The van der Waals surface area contributed by atoms with Gasteiger partial charge in [0.1, 0.15) is 0 Å². The van der Waals surface area contributed by atoms with Crippen LogP contribution in [0.15, 0.2) is 103 Å². The van der Waals surface area contributed by atoms with Gasteiger partial charge in [0.25, 0.3) is 0 Å². The van der Waals surface area contributed by atoms with Gasteiger partial charge in [0, 0.05) is 0 Å². The van der Waals surface area contributed by atoms with E-state index in [0.29, 0.717) is 17.8 Å². The molecule has 0 bridgehead atoms. The van der Waals surface area contributed by atoms with Crippen LogP contribution in [0.3, 0.4) is 0 Å². The van der Waals surface area contributed by atoms with E-state index in [0.717, 1.165) is 14.5 Å². The number of fused-ring (bicyclic) bond motifs is 3. The SMILES string of the molecule is [2H]c1ccc[c]([Bi]2[c]3[c-]c(-c4[c-]c(Oc5ccccn5)ccc4)ccc3-c3cccc[c]32)n1.[Pt+2]. The molecule has 0 unspecified atom stereocenters. The molecule has 3 aromatic carbocycles. The predicted octanol–water partition coefficient (Wildman–Crippen LogP) is 4.03. The molecule has 6 rings (SSSR count). The first kappa shape index (κ1) is 20.9. The summed E-state index contributed by atoms with van der Waals surface area (Å²) in [6.45, 7) is 0. The van der Waals surface area contributed by atoms with Crippen LogP contribution in [0, 0.1) is 12.1 Å². The van der Waals surface area contributed by atoms with Gasteiger partial charge in [-0.15, -0.1) is 0 Å². The van der Waals surface area contributed by atoms with E-state index in [4.69, 9.17) is 6.11 Å². The van der Waals surface area contributed by atoms with Crippen molar-refractivity contribution >= 4 is 31.7 Å². The Bertz CT molecular complexity index is 1480. The largest absolute Gasteiger partial charge is 2.00 e. The quantitative estimate of drug-likeness (QED) is 0.200. The summed E-state index contributed by atoms with van der Waals surface area (Å²) in [5.74, 6) is 1.16. The second-order valence-electron chi connectivity index (χ2n) is 7.31. The van der Waals surface area contributed by atoms with Crippen LogP contribution < -0.4 is 14.7 Å². The monoisotopic (exact) mass is 802 g/mol. The molecule has 5 heteroatoms. The van der Waals surface area contributed by atoms with Crippen molar-refractivity contribution in [3.8, 4) is 33.9 Å². The van der Waals surface area contributed by atoms with Gasteiger partial charge in [-0.2, -0.15) is 0 Å². The normalized spacial score (nSPS) is 12.3. The Hall–Kier alpha value is -2.67. The molecule has 1 aliphatic heterocycles. The zero-order chi connectivity index (χ0) is 22.2. The maximum atomic E-state index is 8.05. The van der Waals surface area contributed by atoms with Gasteiger partial charge in [0.2, 0.25) is 0 Å². The Balaban J connectivity index is 0.00000241. The van der Waals surface area contributed by atoms with Gasteiger partial charge in [-0.05, 0) is 0 Å². The second-order valence-corrected chi connectivity index (χ2v) is 15.3. The van der Waals surface area contributed by atoms with E-state index in [9.17, 15) is 0 Å². The number of rotatable bonds is 4. The van der Waals surface area contributed by atoms with Gasteiger partial charge in [-0.25, -0.2) is 0 Å². The zero-order valence-electron chi connectivity index (χ0n) is 18.3. The summed E-state index contributed by atoms with van der Waals surface area (Å²) < 4.78 is 17.7. The fourth-order valence-electron chi connectivity index (χ4n) is 3.91. The summed E-state index contributed by atoms with van der Waals surface area (Å²) in [5, 5.41) is 0. The molecular weight excluding hydrogens is 784 g/mol. The Kier molecular flexibility index (Phi) is 6.13. The first-order valence-corrected chi connectivity index (χ1v) is 15.5. The van der Waals surface area contributed by atoms with Gasteiger partial charge in [-0.1, -0.05) is 0 Å². The molecule has 0 atom stereocenters. The molecule has 0 radical (unpaired) electrons. The Morgan fingerprint density at radius 2 is 1.58 bits per heavy atom.